The summed E-state index contributed by atoms with van der Waals surface area (Å²) in [4.78, 5) is 17.9. The Morgan fingerprint density at radius 1 is 1.00 bits per heavy atom. The molecule has 0 unspecified atom stereocenters. The zero-order valence-corrected chi connectivity index (χ0v) is 17.5. The predicted octanol–water partition coefficient (Wildman–Crippen LogP) is 5.05. The Bertz CT molecular complexity index is 1330. The standard InChI is InChI=1S/C24H22N4OS/c1-2-27-19-11-7-6-10-18(19)26-23(27)15-25-24(29)21-14-22-20(12-13-30-22)28(21)16-17-8-4-3-5-9-17/h3-14H,2,15-16H2,1H3,(H,25,29). The molecule has 3 aromatic heterocycles. The number of benzene rings is 2. The van der Waals surface area contributed by atoms with Gasteiger partial charge in [0.25, 0.3) is 5.91 Å². The molecule has 6 heteroatoms. The first-order valence-corrected chi connectivity index (χ1v) is 11.0. The number of rotatable bonds is 6. The summed E-state index contributed by atoms with van der Waals surface area (Å²) in [7, 11) is 0. The van der Waals surface area contributed by atoms with Gasteiger partial charge >= 0.3 is 0 Å². The van der Waals surface area contributed by atoms with Crippen molar-refractivity contribution in [3.05, 3.63) is 89.2 Å². The molecule has 0 aliphatic carbocycles. The largest absolute Gasteiger partial charge is 0.344 e. The minimum absolute atomic E-state index is 0.0796. The summed E-state index contributed by atoms with van der Waals surface area (Å²) in [5.41, 5.74) is 4.99. The molecule has 0 spiro atoms. The van der Waals surface area contributed by atoms with E-state index in [4.69, 9.17) is 4.98 Å². The molecular weight excluding hydrogens is 392 g/mol. The van der Waals surface area contributed by atoms with E-state index < -0.39 is 0 Å². The second-order valence-corrected chi connectivity index (χ2v) is 8.16. The summed E-state index contributed by atoms with van der Waals surface area (Å²) in [5, 5.41) is 5.16. The van der Waals surface area contributed by atoms with Crippen LogP contribution in [0.5, 0.6) is 0 Å². The molecule has 5 aromatic rings. The summed E-state index contributed by atoms with van der Waals surface area (Å²) in [6.07, 6.45) is 0. The van der Waals surface area contributed by atoms with Crippen molar-refractivity contribution < 1.29 is 4.79 Å². The monoisotopic (exact) mass is 414 g/mol. The molecular formula is C24H22N4OS. The fraction of sp³-hybridized carbons (Fsp3) is 0.167. The lowest BCUT2D eigenvalue weighted by atomic mass is 10.2. The van der Waals surface area contributed by atoms with Crippen molar-refractivity contribution in [2.24, 2.45) is 0 Å². The Morgan fingerprint density at radius 2 is 1.80 bits per heavy atom. The highest BCUT2D eigenvalue weighted by molar-refractivity contribution is 7.17. The van der Waals surface area contributed by atoms with Gasteiger partial charge in [-0.3, -0.25) is 4.79 Å². The van der Waals surface area contributed by atoms with Crippen LogP contribution in [0.25, 0.3) is 21.3 Å². The molecule has 1 amide bonds. The average molecular weight is 415 g/mol. The minimum atomic E-state index is -0.0796. The van der Waals surface area contributed by atoms with Crippen molar-refractivity contribution >= 4 is 38.5 Å². The third-order valence-corrected chi connectivity index (χ3v) is 6.25. The van der Waals surface area contributed by atoms with E-state index in [0.717, 1.165) is 33.6 Å². The van der Waals surface area contributed by atoms with Gasteiger partial charge in [0.15, 0.2) is 0 Å². The van der Waals surface area contributed by atoms with Gasteiger partial charge in [0.2, 0.25) is 0 Å². The maximum absolute atomic E-state index is 13.1. The van der Waals surface area contributed by atoms with Crippen molar-refractivity contribution in [2.75, 3.05) is 0 Å². The topological polar surface area (TPSA) is 51.9 Å². The minimum Gasteiger partial charge on any atom is -0.344 e. The van der Waals surface area contributed by atoms with Gasteiger partial charge < -0.3 is 14.5 Å². The molecule has 150 valence electrons. The first-order valence-electron chi connectivity index (χ1n) is 10.1. The normalized spacial score (nSPS) is 11.4. The third-order valence-electron chi connectivity index (χ3n) is 5.40. The first kappa shape index (κ1) is 18.6. The van der Waals surface area contributed by atoms with Crippen molar-refractivity contribution in [3.63, 3.8) is 0 Å². The fourth-order valence-corrected chi connectivity index (χ4v) is 4.79. The molecule has 0 fully saturated rings. The van der Waals surface area contributed by atoms with Gasteiger partial charge in [-0.15, -0.1) is 11.3 Å². The maximum Gasteiger partial charge on any atom is 0.268 e. The quantitative estimate of drug-likeness (QED) is 0.423. The molecule has 0 radical (unpaired) electrons. The zero-order valence-electron chi connectivity index (χ0n) is 16.7. The van der Waals surface area contributed by atoms with Gasteiger partial charge in [-0.2, -0.15) is 0 Å². The molecule has 0 aliphatic rings. The number of hydrogen-bond donors (Lipinski definition) is 1. The molecule has 0 bridgehead atoms. The number of fused-ring (bicyclic) bond motifs is 2. The van der Waals surface area contributed by atoms with E-state index in [1.165, 1.54) is 5.56 Å². The second-order valence-electron chi connectivity index (χ2n) is 7.22. The SMILES string of the molecule is CCn1c(CNC(=O)c2cc3sccc3n2Cc2ccccc2)nc2ccccc21. The van der Waals surface area contributed by atoms with Gasteiger partial charge in [-0.05, 0) is 42.1 Å². The van der Waals surface area contributed by atoms with E-state index in [1.54, 1.807) is 11.3 Å². The first-order chi connectivity index (χ1) is 14.7. The zero-order chi connectivity index (χ0) is 20.5. The molecule has 1 N–H and O–H groups in total. The van der Waals surface area contributed by atoms with Gasteiger partial charge in [0.05, 0.1) is 27.8 Å². The number of carbonyl (C=O) groups excluding carboxylic acids is 1. The number of nitrogens with zero attached hydrogens (tertiary/aromatic N) is 3. The number of amides is 1. The van der Waals surface area contributed by atoms with Crippen LogP contribution in [-0.2, 0) is 19.6 Å². The molecule has 30 heavy (non-hydrogen) atoms. The van der Waals surface area contributed by atoms with Gasteiger partial charge in [-0.1, -0.05) is 42.5 Å². The highest BCUT2D eigenvalue weighted by Crippen LogP contribution is 2.26. The Hall–Kier alpha value is -3.38. The van der Waals surface area contributed by atoms with Crippen molar-refractivity contribution in [2.45, 2.75) is 26.6 Å². The van der Waals surface area contributed by atoms with Crippen LogP contribution < -0.4 is 5.32 Å². The predicted molar refractivity (Wildman–Crippen MR) is 122 cm³/mol. The van der Waals surface area contributed by atoms with Crippen LogP contribution >= 0.6 is 11.3 Å². The number of aryl methyl sites for hydroxylation is 1. The average Bonchev–Trinajstić information content (AvgIpc) is 3.46. The van der Waals surface area contributed by atoms with Crippen molar-refractivity contribution in [1.29, 1.82) is 0 Å². The lowest BCUT2D eigenvalue weighted by Crippen LogP contribution is -2.27. The van der Waals surface area contributed by atoms with Gasteiger partial charge in [-0.25, -0.2) is 4.98 Å². The van der Waals surface area contributed by atoms with Crippen LogP contribution in [0.15, 0.2) is 72.1 Å². The number of hydrogen-bond acceptors (Lipinski definition) is 3. The Morgan fingerprint density at radius 3 is 2.63 bits per heavy atom. The summed E-state index contributed by atoms with van der Waals surface area (Å²) >= 11 is 1.66. The number of thiophene rings is 1. The van der Waals surface area contributed by atoms with E-state index in [9.17, 15) is 4.79 Å². The Balaban J connectivity index is 1.43. The molecule has 2 aromatic carbocycles. The fourth-order valence-electron chi connectivity index (χ4n) is 3.96. The van der Waals surface area contributed by atoms with Crippen molar-refractivity contribution in [1.82, 2.24) is 19.4 Å². The highest BCUT2D eigenvalue weighted by Gasteiger charge is 2.18. The Kier molecular flexibility index (Phi) is 4.85. The summed E-state index contributed by atoms with van der Waals surface area (Å²) in [6.45, 7) is 3.97. The summed E-state index contributed by atoms with van der Waals surface area (Å²) in [5.74, 6) is 0.791. The number of imidazole rings is 1. The molecule has 0 aliphatic heterocycles. The van der Waals surface area contributed by atoms with Crippen LogP contribution in [0.1, 0.15) is 28.8 Å². The van der Waals surface area contributed by atoms with E-state index in [1.807, 2.05) is 42.5 Å². The van der Waals surface area contributed by atoms with Crippen LogP contribution in [0.2, 0.25) is 0 Å². The van der Waals surface area contributed by atoms with Gasteiger partial charge in [0.1, 0.15) is 11.5 Å². The number of para-hydroxylation sites is 2. The molecule has 5 rings (SSSR count). The maximum atomic E-state index is 13.1. The summed E-state index contributed by atoms with van der Waals surface area (Å²) in [6, 6.07) is 22.4. The van der Waals surface area contributed by atoms with Crippen LogP contribution in [0.3, 0.4) is 0 Å². The summed E-state index contributed by atoms with van der Waals surface area (Å²) < 4.78 is 5.37. The lowest BCUT2D eigenvalue weighted by molar-refractivity contribution is 0.0941. The number of nitrogens with one attached hydrogen (secondary N) is 1. The van der Waals surface area contributed by atoms with E-state index in [2.05, 4.69) is 51.0 Å². The molecule has 0 saturated heterocycles. The molecule has 0 saturated carbocycles. The van der Waals surface area contributed by atoms with Crippen LogP contribution in [0, 0.1) is 0 Å². The smallest absolute Gasteiger partial charge is 0.268 e. The number of carbonyl (C=O) groups is 1. The molecule has 0 atom stereocenters. The van der Waals surface area contributed by atoms with Crippen LogP contribution in [0.4, 0.5) is 0 Å². The highest BCUT2D eigenvalue weighted by atomic mass is 32.1. The third kappa shape index (κ3) is 3.29. The molecule has 3 heterocycles. The van der Waals surface area contributed by atoms with Crippen LogP contribution in [-0.4, -0.2) is 20.0 Å². The second kappa shape index (κ2) is 7.80. The van der Waals surface area contributed by atoms with E-state index >= 15 is 0 Å². The van der Waals surface area contributed by atoms with Crippen molar-refractivity contribution in [3.8, 4) is 0 Å². The lowest BCUT2D eigenvalue weighted by Gasteiger charge is -2.12. The van der Waals surface area contributed by atoms with E-state index in [0.29, 0.717) is 18.8 Å². The Labute approximate surface area is 178 Å². The molecule has 5 nitrogen and oxygen atoms in total. The number of aromatic nitrogens is 3. The van der Waals surface area contributed by atoms with Gasteiger partial charge in [0, 0.05) is 13.1 Å². The van der Waals surface area contributed by atoms with E-state index in [-0.39, 0.29) is 5.91 Å².